The zero-order chi connectivity index (χ0) is 22.8. The van der Waals surface area contributed by atoms with E-state index in [0.29, 0.717) is 29.1 Å². The Balaban J connectivity index is 2.28. The Bertz CT molecular complexity index is 1160. The molecule has 3 rings (SSSR count). The Morgan fingerprint density at radius 1 is 1.26 bits per heavy atom. The second-order valence-corrected chi connectivity index (χ2v) is 8.56. The van der Waals surface area contributed by atoms with Crippen LogP contribution in [-0.4, -0.2) is 43.0 Å². The largest absolute Gasteiger partial charge is 0.496 e. The summed E-state index contributed by atoms with van der Waals surface area (Å²) in [4.78, 5) is 31.9. The molecule has 0 saturated heterocycles. The van der Waals surface area contributed by atoms with Gasteiger partial charge in [0.25, 0.3) is 5.56 Å². The molecule has 7 nitrogen and oxygen atoms in total. The van der Waals surface area contributed by atoms with Crippen molar-refractivity contribution in [1.82, 2.24) is 9.55 Å². The molecule has 0 atom stereocenters. The Hall–Kier alpha value is -2.71. The smallest absolute Gasteiger partial charge is 0.331 e. The minimum absolute atomic E-state index is 0.231. The summed E-state index contributed by atoms with van der Waals surface area (Å²) in [7, 11) is 3.22. The van der Waals surface area contributed by atoms with E-state index < -0.39 is 11.5 Å². The van der Waals surface area contributed by atoms with Gasteiger partial charge in [-0.3, -0.25) is 9.36 Å². The maximum Gasteiger partial charge on any atom is 0.331 e. The number of esters is 1. The van der Waals surface area contributed by atoms with Crippen LogP contribution in [0.25, 0.3) is 21.3 Å². The number of carbonyl (C=O) groups is 1. The average molecular weight is 445 g/mol. The van der Waals surface area contributed by atoms with Crippen molar-refractivity contribution in [3.63, 3.8) is 0 Å². The third-order valence-corrected chi connectivity index (χ3v) is 6.12. The number of nitrogens with zero attached hydrogens (tertiary/aromatic N) is 2. The van der Waals surface area contributed by atoms with E-state index in [1.807, 2.05) is 30.5 Å². The maximum atomic E-state index is 13.8. The highest BCUT2D eigenvalue weighted by atomic mass is 32.1. The van der Waals surface area contributed by atoms with Crippen LogP contribution in [0.2, 0.25) is 0 Å². The first-order valence-corrected chi connectivity index (χ1v) is 11.0. The lowest BCUT2D eigenvalue weighted by Gasteiger charge is -2.27. The Morgan fingerprint density at radius 2 is 2.00 bits per heavy atom. The number of hydrogen-bond donors (Lipinski definition) is 0. The monoisotopic (exact) mass is 444 g/mol. The van der Waals surface area contributed by atoms with Gasteiger partial charge in [-0.15, -0.1) is 11.3 Å². The predicted molar refractivity (Wildman–Crippen MR) is 122 cm³/mol. The van der Waals surface area contributed by atoms with Crippen LogP contribution in [0.3, 0.4) is 0 Å². The molecule has 0 saturated carbocycles. The number of fused-ring (bicyclic) bond motifs is 1. The summed E-state index contributed by atoms with van der Waals surface area (Å²) >= 11 is 1.41. The van der Waals surface area contributed by atoms with Crippen LogP contribution in [0.15, 0.2) is 28.4 Å². The molecule has 0 radical (unpaired) electrons. The number of hydrogen-bond acceptors (Lipinski definition) is 7. The van der Waals surface area contributed by atoms with Crippen molar-refractivity contribution in [2.75, 3.05) is 27.4 Å². The topological polar surface area (TPSA) is 79.7 Å². The molecule has 0 unspecified atom stereocenters. The Kier molecular flexibility index (Phi) is 6.81. The van der Waals surface area contributed by atoms with Crippen LogP contribution in [-0.2, 0) is 26.2 Å². The van der Waals surface area contributed by atoms with Crippen LogP contribution in [0.5, 0.6) is 5.75 Å². The molecule has 0 aliphatic carbocycles. The first kappa shape index (κ1) is 23.0. The number of methoxy groups -OCH3 is 2. The van der Waals surface area contributed by atoms with E-state index in [-0.39, 0.29) is 12.2 Å². The maximum absolute atomic E-state index is 13.8. The van der Waals surface area contributed by atoms with Gasteiger partial charge in [-0.05, 0) is 51.0 Å². The van der Waals surface area contributed by atoms with Crippen molar-refractivity contribution in [2.24, 2.45) is 0 Å². The fourth-order valence-electron chi connectivity index (χ4n) is 3.63. The highest BCUT2D eigenvalue weighted by Gasteiger charge is 2.35. The SMILES string of the molecule is CCOC(=O)C(C)(C)n1c(CCOC)nc2scc(-c3ccc(OC)c(C)c3)c2c1=O. The Morgan fingerprint density at radius 3 is 2.61 bits per heavy atom. The lowest BCUT2D eigenvalue weighted by Crippen LogP contribution is -2.46. The number of rotatable bonds is 8. The molecule has 3 aromatic rings. The molecular weight excluding hydrogens is 416 g/mol. The molecule has 8 heteroatoms. The van der Waals surface area contributed by atoms with E-state index in [2.05, 4.69) is 0 Å². The number of thiophene rings is 1. The number of benzene rings is 1. The molecule has 0 aliphatic heterocycles. The van der Waals surface area contributed by atoms with Crippen molar-refractivity contribution in [3.05, 3.63) is 45.3 Å². The molecule has 0 spiro atoms. The third-order valence-electron chi connectivity index (χ3n) is 5.25. The van der Waals surface area contributed by atoms with Crippen LogP contribution >= 0.6 is 11.3 Å². The normalized spacial score (nSPS) is 11.7. The molecule has 0 N–H and O–H groups in total. The lowest BCUT2D eigenvalue weighted by molar-refractivity contribution is -0.152. The summed E-state index contributed by atoms with van der Waals surface area (Å²) in [6, 6.07) is 5.79. The Labute approximate surface area is 185 Å². The van der Waals surface area contributed by atoms with E-state index in [4.69, 9.17) is 19.2 Å². The summed E-state index contributed by atoms with van der Waals surface area (Å²) in [5.74, 6) is 0.801. The summed E-state index contributed by atoms with van der Waals surface area (Å²) in [5, 5.41) is 2.43. The van der Waals surface area contributed by atoms with Gasteiger partial charge in [0.1, 0.15) is 21.9 Å². The molecule has 0 amide bonds. The highest BCUT2D eigenvalue weighted by molar-refractivity contribution is 7.17. The summed E-state index contributed by atoms with van der Waals surface area (Å²) in [6.07, 6.45) is 0.402. The molecule has 2 aromatic heterocycles. The van der Waals surface area contributed by atoms with Crippen LogP contribution < -0.4 is 10.3 Å². The first-order chi connectivity index (χ1) is 14.8. The van der Waals surface area contributed by atoms with Gasteiger partial charge < -0.3 is 14.2 Å². The second kappa shape index (κ2) is 9.20. The van der Waals surface area contributed by atoms with Crippen LogP contribution in [0, 0.1) is 6.92 Å². The van der Waals surface area contributed by atoms with Gasteiger partial charge in [0.05, 0.1) is 25.7 Å². The molecule has 0 bridgehead atoms. The van der Waals surface area contributed by atoms with Gasteiger partial charge in [-0.2, -0.15) is 0 Å². The molecule has 2 heterocycles. The van der Waals surface area contributed by atoms with Gasteiger partial charge in [0.15, 0.2) is 0 Å². The van der Waals surface area contributed by atoms with Crippen LogP contribution in [0.1, 0.15) is 32.2 Å². The number of aryl methyl sites for hydroxylation is 1. The summed E-state index contributed by atoms with van der Waals surface area (Å²) in [5.41, 5.74) is 1.17. The molecule has 1 aromatic carbocycles. The van der Waals surface area contributed by atoms with Crippen molar-refractivity contribution < 1.29 is 19.0 Å². The van der Waals surface area contributed by atoms with Crippen molar-refractivity contribution in [1.29, 1.82) is 0 Å². The third kappa shape index (κ3) is 4.22. The van der Waals surface area contributed by atoms with Gasteiger partial charge in [-0.25, -0.2) is 9.78 Å². The quantitative estimate of drug-likeness (QED) is 0.490. The van der Waals surface area contributed by atoms with E-state index in [0.717, 1.165) is 22.4 Å². The van der Waals surface area contributed by atoms with Crippen molar-refractivity contribution in [2.45, 2.75) is 39.7 Å². The van der Waals surface area contributed by atoms with Gasteiger partial charge in [0.2, 0.25) is 0 Å². The summed E-state index contributed by atoms with van der Waals surface area (Å²) < 4.78 is 17.3. The average Bonchev–Trinajstić information content (AvgIpc) is 3.16. The lowest BCUT2D eigenvalue weighted by atomic mass is 10.0. The minimum Gasteiger partial charge on any atom is -0.496 e. The van der Waals surface area contributed by atoms with Crippen molar-refractivity contribution >= 4 is 27.5 Å². The van der Waals surface area contributed by atoms with Gasteiger partial charge in [0, 0.05) is 24.5 Å². The van der Waals surface area contributed by atoms with E-state index >= 15 is 0 Å². The van der Waals surface area contributed by atoms with Crippen molar-refractivity contribution in [3.8, 4) is 16.9 Å². The van der Waals surface area contributed by atoms with Gasteiger partial charge in [-0.1, -0.05) is 6.07 Å². The second-order valence-electron chi connectivity index (χ2n) is 7.70. The number of ether oxygens (including phenoxy) is 3. The fourth-order valence-corrected chi connectivity index (χ4v) is 4.58. The highest BCUT2D eigenvalue weighted by Crippen LogP contribution is 2.34. The first-order valence-electron chi connectivity index (χ1n) is 10.1. The molecule has 166 valence electrons. The zero-order valence-electron chi connectivity index (χ0n) is 18.8. The number of aromatic nitrogens is 2. The van der Waals surface area contributed by atoms with E-state index in [1.165, 1.54) is 15.9 Å². The molecular formula is C23H28N2O5S. The standard InChI is InChI=1S/C23H28N2O5S/c1-7-30-22(27)23(3,4)25-18(10-11-28-5)24-20-19(21(25)26)16(13-31-20)15-8-9-17(29-6)14(2)12-15/h8-9,12-13H,7,10-11H2,1-6H3. The molecule has 0 aliphatic rings. The van der Waals surface area contributed by atoms with Crippen LogP contribution in [0.4, 0.5) is 0 Å². The molecule has 0 fully saturated rings. The van der Waals surface area contributed by atoms with Gasteiger partial charge >= 0.3 is 5.97 Å². The minimum atomic E-state index is -1.22. The zero-order valence-corrected chi connectivity index (χ0v) is 19.6. The predicted octanol–water partition coefficient (Wildman–Crippen LogP) is 3.93. The number of carbonyl (C=O) groups excluding carboxylic acids is 1. The fraction of sp³-hybridized carbons (Fsp3) is 0.435. The van der Waals surface area contributed by atoms with E-state index in [1.54, 1.807) is 35.0 Å². The molecule has 31 heavy (non-hydrogen) atoms. The van der Waals surface area contributed by atoms with E-state index in [9.17, 15) is 9.59 Å². The summed E-state index contributed by atoms with van der Waals surface area (Å²) in [6.45, 7) is 7.68.